The van der Waals surface area contributed by atoms with E-state index in [2.05, 4.69) is 4.98 Å². The minimum absolute atomic E-state index is 0.0861. The Bertz CT molecular complexity index is 366. The number of thiazole rings is 1. The lowest BCUT2D eigenvalue weighted by Crippen LogP contribution is -2.23. The van der Waals surface area contributed by atoms with Crippen LogP contribution in [0, 0.1) is 0 Å². The lowest BCUT2D eigenvalue weighted by atomic mass is 10.0. The molecule has 15 heavy (non-hydrogen) atoms. The molecule has 1 heterocycles. The zero-order chi connectivity index (χ0) is 10.9. The predicted octanol–water partition coefficient (Wildman–Crippen LogP) is 2.76. The quantitative estimate of drug-likeness (QED) is 0.742. The molecule has 0 aromatic carbocycles. The average Bonchev–Trinajstić information content (AvgIpc) is 2.87. The Labute approximate surface area is 93.5 Å². The Morgan fingerprint density at radius 1 is 1.53 bits per heavy atom. The zero-order valence-corrected chi connectivity index (χ0v) is 9.89. The van der Waals surface area contributed by atoms with Crippen molar-refractivity contribution in [3.63, 3.8) is 0 Å². The van der Waals surface area contributed by atoms with Crippen molar-refractivity contribution in [1.29, 1.82) is 0 Å². The van der Waals surface area contributed by atoms with Crippen LogP contribution in [0.15, 0.2) is 6.20 Å². The molecule has 0 atom stereocenters. The van der Waals surface area contributed by atoms with Crippen LogP contribution in [-0.2, 0) is 10.3 Å². The zero-order valence-electron chi connectivity index (χ0n) is 9.08. The second-order valence-electron chi connectivity index (χ2n) is 3.99. The number of rotatable bonds is 3. The van der Waals surface area contributed by atoms with Crippen LogP contribution in [0.3, 0.4) is 0 Å². The third-order valence-corrected chi connectivity index (χ3v) is 4.33. The standard InChI is InChI=1S/C11H15NO2S/c1-8(13)9-7-12-10(15-9)11(14-2)5-3-4-6-11/h7H,3-6H2,1-2H3. The minimum atomic E-state index is -0.210. The van der Waals surface area contributed by atoms with Crippen molar-refractivity contribution in [2.45, 2.75) is 38.2 Å². The van der Waals surface area contributed by atoms with Gasteiger partial charge in [0, 0.05) is 20.2 Å². The van der Waals surface area contributed by atoms with Gasteiger partial charge in [0.2, 0.25) is 0 Å². The fourth-order valence-electron chi connectivity index (χ4n) is 2.10. The smallest absolute Gasteiger partial charge is 0.171 e. The molecular formula is C11H15NO2S. The first-order valence-corrected chi connectivity index (χ1v) is 6.02. The van der Waals surface area contributed by atoms with Gasteiger partial charge in [0.15, 0.2) is 5.78 Å². The predicted molar refractivity (Wildman–Crippen MR) is 59.3 cm³/mol. The maximum absolute atomic E-state index is 11.2. The van der Waals surface area contributed by atoms with Gasteiger partial charge in [-0.2, -0.15) is 0 Å². The molecule has 1 aliphatic rings. The number of ketones is 1. The van der Waals surface area contributed by atoms with Crippen molar-refractivity contribution < 1.29 is 9.53 Å². The van der Waals surface area contributed by atoms with Gasteiger partial charge in [-0.25, -0.2) is 4.98 Å². The highest BCUT2D eigenvalue weighted by molar-refractivity contribution is 7.13. The Hall–Kier alpha value is -0.740. The van der Waals surface area contributed by atoms with E-state index in [4.69, 9.17) is 4.74 Å². The molecule has 1 saturated carbocycles. The first kappa shape index (κ1) is 10.8. The SMILES string of the molecule is COC1(c2ncc(C(C)=O)s2)CCCC1. The normalized spacial score (nSPS) is 19.3. The summed E-state index contributed by atoms with van der Waals surface area (Å²) < 4.78 is 5.61. The van der Waals surface area contributed by atoms with E-state index in [1.54, 1.807) is 20.2 Å². The number of hydrogen-bond donors (Lipinski definition) is 0. The van der Waals surface area contributed by atoms with E-state index in [9.17, 15) is 4.79 Å². The van der Waals surface area contributed by atoms with Gasteiger partial charge in [-0.05, 0) is 12.8 Å². The Morgan fingerprint density at radius 3 is 2.67 bits per heavy atom. The second kappa shape index (κ2) is 4.02. The molecule has 82 valence electrons. The van der Waals surface area contributed by atoms with Gasteiger partial charge < -0.3 is 4.74 Å². The molecule has 0 saturated heterocycles. The van der Waals surface area contributed by atoms with E-state index < -0.39 is 0 Å². The third-order valence-electron chi connectivity index (χ3n) is 3.04. The molecule has 0 amide bonds. The first-order valence-electron chi connectivity index (χ1n) is 5.20. The molecule has 1 aliphatic carbocycles. The topological polar surface area (TPSA) is 39.2 Å². The summed E-state index contributed by atoms with van der Waals surface area (Å²) in [5.41, 5.74) is -0.210. The van der Waals surface area contributed by atoms with Crippen molar-refractivity contribution in [1.82, 2.24) is 4.98 Å². The number of carbonyl (C=O) groups is 1. The van der Waals surface area contributed by atoms with Crippen LogP contribution in [0.2, 0.25) is 0 Å². The molecule has 1 fully saturated rings. The van der Waals surface area contributed by atoms with Crippen LogP contribution in [-0.4, -0.2) is 17.9 Å². The number of ether oxygens (including phenoxy) is 1. The van der Waals surface area contributed by atoms with Crippen LogP contribution in [0.25, 0.3) is 0 Å². The van der Waals surface area contributed by atoms with Gasteiger partial charge in [0.1, 0.15) is 10.6 Å². The maximum Gasteiger partial charge on any atom is 0.171 e. The second-order valence-corrected chi connectivity index (χ2v) is 5.02. The van der Waals surface area contributed by atoms with Crippen molar-refractivity contribution >= 4 is 17.1 Å². The van der Waals surface area contributed by atoms with Gasteiger partial charge in [0.25, 0.3) is 0 Å². The van der Waals surface area contributed by atoms with E-state index in [0.29, 0.717) is 0 Å². The highest BCUT2D eigenvalue weighted by Gasteiger charge is 2.38. The molecule has 0 unspecified atom stereocenters. The van der Waals surface area contributed by atoms with Crippen molar-refractivity contribution in [2.24, 2.45) is 0 Å². The lowest BCUT2D eigenvalue weighted by molar-refractivity contribution is -0.00885. The molecule has 1 aromatic rings. The number of aromatic nitrogens is 1. The Kier molecular flexibility index (Phi) is 2.89. The number of Topliss-reactive ketones (excluding diaryl/α,β-unsaturated/α-hetero) is 1. The van der Waals surface area contributed by atoms with Crippen molar-refractivity contribution in [3.8, 4) is 0 Å². The highest BCUT2D eigenvalue weighted by atomic mass is 32.1. The minimum Gasteiger partial charge on any atom is -0.371 e. The monoisotopic (exact) mass is 225 g/mol. The lowest BCUT2D eigenvalue weighted by Gasteiger charge is -2.24. The van der Waals surface area contributed by atoms with Gasteiger partial charge >= 0.3 is 0 Å². The average molecular weight is 225 g/mol. The summed E-state index contributed by atoms with van der Waals surface area (Å²) in [4.78, 5) is 16.3. The molecule has 2 rings (SSSR count). The van der Waals surface area contributed by atoms with Crippen molar-refractivity contribution in [3.05, 3.63) is 16.1 Å². The molecule has 3 nitrogen and oxygen atoms in total. The van der Waals surface area contributed by atoms with Crippen LogP contribution in [0.1, 0.15) is 47.3 Å². The fourth-order valence-corrected chi connectivity index (χ4v) is 3.14. The number of methoxy groups -OCH3 is 1. The van der Waals surface area contributed by atoms with E-state index in [1.807, 2.05) is 0 Å². The van der Waals surface area contributed by atoms with Crippen molar-refractivity contribution in [2.75, 3.05) is 7.11 Å². The third kappa shape index (κ3) is 1.84. The molecule has 0 radical (unpaired) electrons. The van der Waals surface area contributed by atoms with Crippen LogP contribution >= 0.6 is 11.3 Å². The molecule has 0 N–H and O–H groups in total. The van der Waals surface area contributed by atoms with Gasteiger partial charge in [-0.15, -0.1) is 11.3 Å². The van der Waals surface area contributed by atoms with E-state index in [1.165, 1.54) is 24.2 Å². The highest BCUT2D eigenvalue weighted by Crippen LogP contribution is 2.43. The van der Waals surface area contributed by atoms with Gasteiger partial charge in [-0.1, -0.05) is 12.8 Å². The summed E-state index contributed by atoms with van der Waals surface area (Å²) in [5, 5.41) is 0.965. The molecular weight excluding hydrogens is 210 g/mol. The largest absolute Gasteiger partial charge is 0.371 e. The van der Waals surface area contributed by atoms with Crippen LogP contribution in [0.4, 0.5) is 0 Å². The summed E-state index contributed by atoms with van der Waals surface area (Å²) in [6.07, 6.45) is 6.08. The maximum atomic E-state index is 11.2. The molecule has 0 aliphatic heterocycles. The number of carbonyl (C=O) groups excluding carboxylic acids is 1. The van der Waals surface area contributed by atoms with Crippen LogP contribution < -0.4 is 0 Å². The molecule has 0 bridgehead atoms. The Balaban J connectivity index is 2.30. The summed E-state index contributed by atoms with van der Waals surface area (Å²) in [7, 11) is 1.74. The molecule has 4 heteroatoms. The summed E-state index contributed by atoms with van der Waals surface area (Å²) in [6.45, 7) is 1.57. The fraction of sp³-hybridized carbons (Fsp3) is 0.636. The summed E-state index contributed by atoms with van der Waals surface area (Å²) >= 11 is 1.48. The number of nitrogens with zero attached hydrogens (tertiary/aromatic N) is 1. The molecule has 1 aromatic heterocycles. The molecule has 0 spiro atoms. The van der Waals surface area contributed by atoms with E-state index in [0.717, 1.165) is 22.7 Å². The van der Waals surface area contributed by atoms with Gasteiger partial charge in [-0.3, -0.25) is 4.79 Å². The first-order chi connectivity index (χ1) is 7.18. The number of hydrogen-bond acceptors (Lipinski definition) is 4. The summed E-state index contributed by atoms with van der Waals surface area (Å²) in [5.74, 6) is 0.0861. The Morgan fingerprint density at radius 2 is 2.20 bits per heavy atom. The van der Waals surface area contributed by atoms with Crippen LogP contribution in [0.5, 0.6) is 0 Å². The van der Waals surface area contributed by atoms with E-state index in [-0.39, 0.29) is 11.4 Å². The summed E-state index contributed by atoms with van der Waals surface area (Å²) in [6, 6.07) is 0. The van der Waals surface area contributed by atoms with E-state index >= 15 is 0 Å². The van der Waals surface area contributed by atoms with Gasteiger partial charge in [0.05, 0.1) is 4.88 Å².